The van der Waals surface area contributed by atoms with E-state index in [1.165, 1.54) is 0 Å². The van der Waals surface area contributed by atoms with Crippen LogP contribution in [0.25, 0.3) is 0 Å². The highest BCUT2D eigenvalue weighted by Crippen LogP contribution is 2.19. The number of amides is 1. The number of likely N-dealkylation sites (tertiary alicyclic amines) is 1. The van der Waals surface area contributed by atoms with Crippen LogP contribution >= 0.6 is 0 Å². The molecule has 22 heavy (non-hydrogen) atoms. The molecule has 2 saturated heterocycles. The molecule has 2 aliphatic heterocycles. The van der Waals surface area contributed by atoms with Crippen LogP contribution in [0.3, 0.4) is 0 Å². The third-order valence-electron chi connectivity index (χ3n) is 4.25. The van der Waals surface area contributed by atoms with E-state index in [2.05, 4.69) is 4.90 Å². The normalized spacial score (nSPS) is 30.1. The summed E-state index contributed by atoms with van der Waals surface area (Å²) in [6.07, 6.45) is 2.00. The van der Waals surface area contributed by atoms with E-state index in [1.54, 1.807) is 0 Å². The summed E-state index contributed by atoms with van der Waals surface area (Å²) in [6.45, 7) is 9.48. The largest absolute Gasteiger partial charge is 0.466 e. The first kappa shape index (κ1) is 17.2. The van der Waals surface area contributed by atoms with Gasteiger partial charge in [0.2, 0.25) is 5.91 Å². The lowest BCUT2D eigenvalue weighted by molar-refractivity contribution is -0.151. The van der Waals surface area contributed by atoms with Gasteiger partial charge in [0.15, 0.2) is 0 Å². The molecule has 0 aromatic carbocycles. The summed E-state index contributed by atoms with van der Waals surface area (Å²) in [6, 6.07) is 0. The molecule has 0 spiro atoms. The lowest BCUT2D eigenvalue weighted by Crippen LogP contribution is -2.51. The monoisotopic (exact) mass is 312 g/mol. The van der Waals surface area contributed by atoms with Gasteiger partial charge in [-0.05, 0) is 33.6 Å². The van der Waals surface area contributed by atoms with Gasteiger partial charge in [0.1, 0.15) is 0 Å². The molecule has 2 aliphatic rings. The minimum Gasteiger partial charge on any atom is -0.466 e. The topological polar surface area (TPSA) is 59.1 Å². The van der Waals surface area contributed by atoms with Gasteiger partial charge >= 0.3 is 5.97 Å². The van der Waals surface area contributed by atoms with Gasteiger partial charge in [-0.1, -0.05) is 0 Å². The minimum atomic E-state index is -0.173. The first-order valence-corrected chi connectivity index (χ1v) is 8.31. The van der Waals surface area contributed by atoms with Crippen molar-refractivity contribution in [2.75, 3.05) is 39.3 Å². The number of carbonyl (C=O) groups excluding carboxylic acids is 2. The summed E-state index contributed by atoms with van der Waals surface area (Å²) in [5.41, 5.74) is 0. The Morgan fingerprint density at radius 1 is 1.18 bits per heavy atom. The quantitative estimate of drug-likeness (QED) is 0.722. The van der Waals surface area contributed by atoms with Crippen LogP contribution in [0.15, 0.2) is 0 Å². The van der Waals surface area contributed by atoms with Crippen LogP contribution in [-0.2, 0) is 19.1 Å². The Labute approximate surface area is 132 Å². The molecule has 126 valence electrons. The third-order valence-corrected chi connectivity index (χ3v) is 4.25. The van der Waals surface area contributed by atoms with Gasteiger partial charge < -0.3 is 14.4 Å². The molecular formula is C16H28N2O4. The van der Waals surface area contributed by atoms with Crippen molar-refractivity contribution in [3.05, 3.63) is 0 Å². The van der Waals surface area contributed by atoms with Crippen LogP contribution in [0.4, 0.5) is 0 Å². The predicted molar refractivity (Wildman–Crippen MR) is 82.4 cm³/mol. The average molecular weight is 312 g/mol. The van der Waals surface area contributed by atoms with Crippen molar-refractivity contribution < 1.29 is 19.1 Å². The highest BCUT2D eigenvalue weighted by atomic mass is 16.5. The van der Waals surface area contributed by atoms with E-state index in [0.29, 0.717) is 19.7 Å². The summed E-state index contributed by atoms with van der Waals surface area (Å²) >= 11 is 0. The zero-order valence-corrected chi connectivity index (χ0v) is 13.9. The van der Waals surface area contributed by atoms with E-state index in [-0.39, 0.29) is 30.0 Å². The Kier molecular flexibility index (Phi) is 6.20. The Morgan fingerprint density at radius 2 is 1.86 bits per heavy atom. The first-order chi connectivity index (χ1) is 10.5. The smallest absolute Gasteiger partial charge is 0.310 e. The van der Waals surface area contributed by atoms with Crippen molar-refractivity contribution in [2.24, 2.45) is 5.92 Å². The molecule has 3 atom stereocenters. The van der Waals surface area contributed by atoms with E-state index in [9.17, 15) is 9.59 Å². The maximum absolute atomic E-state index is 12.5. The summed E-state index contributed by atoms with van der Waals surface area (Å²) in [5, 5.41) is 0. The zero-order chi connectivity index (χ0) is 16.1. The number of hydrogen-bond acceptors (Lipinski definition) is 5. The van der Waals surface area contributed by atoms with Crippen LogP contribution in [0, 0.1) is 5.92 Å². The Bertz CT molecular complexity index is 392. The maximum Gasteiger partial charge on any atom is 0.310 e. The summed E-state index contributed by atoms with van der Waals surface area (Å²) in [7, 11) is 0. The first-order valence-electron chi connectivity index (χ1n) is 8.31. The van der Waals surface area contributed by atoms with Crippen molar-refractivity contribution in [3.8, 4) is 0 Å². The van der Waals surface area contributed by atoms with Crippen LogP contribution < -0.4 is 0 Å². The van der Waals surface area contributed by atoms with Crippen LogP contribution in [0.2, 0.25) is 0 Å². The molecule has 0 aromatic rings. The predicted octanol–water partition coefficient (Wildman–Crippen LogP) is 0.897. The van der Waals surface area contributed by atoms with Gasteiger partial charge in [-0.15, -0.1) is 0 Å². The fourth-order valence-electron chi connectivity index (χ4n) is 3.36. The van der Waals surface area contributed by atoms with E-state index < -0.39 is 0 Å². The van der Waals surface area contributed by atoms with Crippen LogP contribution in [0.5, 0.6) is 0 Å². The molecule has 2 fully saturated rings. The number of piperidine rings is 1. The van der Waals surface area contributed by atoms with Gasteiger partial charge in [-0.2, -0.15) is 0 Å². The number of morpholine rings is 1. The fourth-order valence-corrected chi connectivity index (χ4v) is 3.36. The highest BCUT2D eigenvalue weighted by molar-refractivity contribution is 5.80. The van der Waals surface area contributed by atoms with Crippen molar-refractivity contribution in [2.45, 2.75) is 45.8 Å². The molecule has 6 nitrogen and oxygen atoms in total. The third kappa shape index (κ3) is 4.68. The molecule has 1 amide bonds. The molecule has 0 aliphatic carbocycles. The van der Waals surface area contributed by atoms with Gasteiger partial charge in [0.25, 0.3) is 0 Å². The SMILES string of the molecule is CCOC(=O)C1CCCN(C(=O)CN2CC(C)OC(C)C2)C1. The number of rotatable bonds is 4. The van der Waals surface area contributed by atoms with E-state index in [1.807, 2.05) is 25.7 Å². The zero-order valence-electron chi connectivity index (χ0n) is 13.9. The van der Waals surface area contributed by atoms with Crippen molar-refractivity contribution >= 4 is 11.9 Å². The number of esters is 1. The second-order valence-electron chi connectivity index (χ2n) is 6.38. The van der Waals surface area contributed by atoms with E-state index in [0.717, 1.165) is 32.5 Å². The standard InChI is InChI=1S/C16H28N2O4/c1-4-21-16(20)14-6-5-7-18(10-14)15(19)11-17-8-12(2)22-13(3)9-17/h12-14H,4-11H2,1-3H3. The molecule has 3 unspecified atom stereocenters. The molecule has 6 heteroatoms. The van der Waals surface area contributed by atoms with Gasteiger partial charge in [-0.25, -0.2) is 0 Å². The Morgan fingerprint density at radius 3 is 2.50 bits per heavy atom. The van der Waals surface area contributed by atoms with Gasteiger partial charge in [-0.3, -0.25) is 14.5 Å². The number of carbonyl (C=O) groups is 2. The lowest BCUT2D eigenvalue weighted by Gasteiger charge is -2.37. The molecular weight excluding hydrogens is 284 g/mol. The molecule has 0 radical (unpaired) electrons. The minimum absolute atomic E-state index is 0.107. The number of ether oxygens (including phenoxy) is 2. The molecule has 0 bridgehead atoms. The average Bonchev–Trinajstić information content (AvgIpc) is 2.46. The van der Waals surface area contributed by atoms with Crippen molar-refractivity contribution in [1.82, 2.24) is 9.80 Å². The van der Waals surface area contributed by atoms with E-state index in [4.69, 9.17) is 9.47 Å². The van der Waals surface area contributed by atoms with Crippen molar-refractivity contribution in [1.29, 1.82) is 0 Å². The summed E-state index contributed by atoms with van der Waals surface area (Å²) in [5.74, 6) is -0.232. The second-order valence-corrected chi connectivity index (χ2v) is 6.38. The number of nitrogens with zero attached hydrogens (tertiary/aromatic N) is 2. The highest BCUT2D eigenvalue weighted by Gasteiger charge is 2.31. The Hall–Kier alpha value is -1.14. The van der Waals surface area contributed by atoms with Gasteiger partial charge in [0.05, 0.1) is 31.3 Å². The molecule has 2 rings (SSSR count). The fraction of sp³-hybridized carbons (Fsp3) is 0.875. The second kappa shape index (κ2) is 7.92. The molecule has 0 aromatic heterocycles. The van der Waals surface area contributed by atoms with Crippen molar-refractivity contribution in [3.63, 3.8) is 0 Å². The van der Waals surface area contributed by atoms with Crippen LogP contribution in [-0.4, -0.2) is 73.2 Å². The lowest BCUT2D eigenvalue weighted by atomic mass is 9.98. The van der Waals surface area contributed by atoms with Gasteiger partial charge in [0, 0.05) is 26.2 Å². The van der Waals surface area contributed by atoms with E-state index >= 15 is 0 Å². The number of hydrogen-bond donors (Lipinski definition) is 0. The molecule has 2 heterocycles. The summed E-state index contributed by atoms with van der Waals surface area (Å²) < 4.78 is 10.8. The molecule has 0 saturated carbocycles. The maximum atomic E-state index is 12.5. The van der Waals surface area contributed by atoms with Crippen LogP contribution in [0.1, 0.15) is 33.6 Å². The Balaban J connectivity index is 1.85. The summed E-state index contributed by atoms with van der Waals surface area (Å²) in [4.78, 5) is 28.3. The molecule has 0 N–H and O–H groups in total.